The van der Waals surface area contributed by atoms with Gasteiger partial charge in [0.15, 0.2) is 11.6 Å². The average molecular weight is 579 g/mol. The molecule has 0 unspecified atom stereocenters. The van der Waals surface area contributed by atoms with Crippen molar-refractivity contribution in [1.29, 1.82) is 0 Å². The first kappa shape index (κ1) is 28.5. The first-order valence-electron chi connectivity index (χ1n) is 11.1. The smallest absolute Gasteiger partial charge is 0.314 e. The van der Waals surface area contributed by atoms with Gasteiger partial charge in [-0.15, -0.1) is 24.8 Å². The van der Waals surface area contributed by atoms with Crippen LogP contribution in [0.3, 0.4) is 0 Å². The molecule has 1 aromatic carbocycles. The summed E-state index contributed by atoms with van der Waals surface area (Å²) in [5.41, 5.74) is 5.39. The predicted molar refractivity (Wildman–Crippen MR) is 150 cm³/mol. The van der Waals surface area contributed by atoms with Gasteiger partial charge in [-0.25, -0.2) is 19.7 Å². The van der Waals surface area contributed by atoms with Crippen LogP contribution < -0.4 is 15.8 Å². The van der Waals surface area contributed by atoms with Gasteiger partial charge < -0.3 is 20.7 Å². The maximum atomic E-state index is 11.4. The van der Waals surface area contributed by atoms with Crippen LogP contribution in [-0.4, -0.2) is 43.3 Å². The molecule has 0 radical (unpaired) electrons. The number of amides is 2. The number of hydrogen-bond acceptors (Lipinski definition) is 9. The number of nitrogens with two attached hydrogens (primary N) is 1. The van der Waals surface area contributed by atoms with E-state index in [0.717, 1.165) is 28.6 Å². The highest BCUT2D eigenvalue weighted by Gasteiger charge is 2.25. The molecule has 9 nitrogen and oxygen atoms in total. The first-order chi connectivity index (χ1) is 17.1. The number of aromatic nitrogens is 4. The number of carbonyl (C=O) groups excluding carboxylic acids is 1. The van der Waals surface area contributed by atoms with Crippen molar-refractivity contribution >= 4 is 65.1 Å². The summed E-state index contributed by atoms with van der Waals surface area (Å²) in [6.45, 7) is 1.24. The van der Waals surface area contributed by atoms with Crippen molar-refractivity contribution in [3.63, 3.8) is 0 Å². The number of nitrogens with one attached hydrogen (secondary N) is 1. The minimum absolute atomic E-state index is 0. The summed E-state index contributed by atoms with van der Waals surface area (Å²) in [4.78, 5) is 27.6. The lowest BCUT2D eigenvalue weighted by Crippen LogP contribution is -2.41. The molecule has 2 amide bonds. The van der Waals surface area contributed by atoms with Crippen molar-refractivity contribution in [2.45, 2.75) is 28.7 Å². The molecule has 0 bridgehead atoms. The summed E-state index contributed by atoms with van der Waals surface area (Å²) < 4.78 is 10.7. The third-order valence-electron chi connectivity index (χ3n) is 5.50. The number of ether oxygens (including phenoxy) is 1. The lowest BCUT2D eigenvalue weighted by molar-refractivity contribution is 0.189. The Kier molecular flexibility index (Phi) is 10.3. The standard InChI is InChI=1S/C24H23N7O2S2.2ClH/c25-23(32)31-12-9-16(10-13-31)21-28-24(35-30-21)29-22-19(33-17-6-2-1-3-7-17)14-18(15-27-22)34-20-8-4-5-11-26-20;;/h1-8,11,14-16H,9-10,12-13H2,(H2,25,32)(H,27,28,29,30);2*1H. The number of hydrogen-bond donors (Lipinski definition) is 2. The Hall–Kier alpha value is -3.12. The number of anilines is 2. The Morgan fingerprint density at radius 2 is 1.84 bits per heavy atom. The second-order valence-corrected chi connectivity index (χ2v) is 9.73. The van der Waals surface area contributed by atoms with Crippen LogP contribution in [0.25, 0.3) is 0 Å². The van der Waals surface area contributed by atoms with Gasteiger partial charge in [0.05, 0.1) is 0 Å². The van der Waals surface area contributed by atoms with Crippen LogP contribution in [0.2, 0.25) is 0 Å². The van der Waals surface area contributed by atoms with Gasteiger partial charge in [0.1, 0.15) is 16.6 Å². The average Bonchev–Trinajstić information content (AvgIpc) is 3.35. The molecular weight excluding hydrogens is 553 g/mol. The molecule has 0 aliphatic carbocycles. The van der Waals surface area contributed by atoms with Crippen LogP contribution in [0, 0.1) is 0 Å². The Bertz CT molecular complexity index is 1290. The molecule has 0 spiro atoms. The fourth-order valence-corrected chi connectivity index (χ4v) is 5.13. The highest BCUT2D eigenvalue weighted by Crippen LogP contribution is 2.36. The zero-order valence-electron chi connectivity index (χ0n) is 19.5. The van der Waals surface area contributed by atoms with Crippen LogP contribution in [0.15, 0.2) is 76.9 Å². The molecule has 37 heavy (non-hydrogen) atoms. The van der Waals surface area contributed by atoms with Gasteiger partial charge in [-0.05, 0) is 37.1 Å². The van der Waals surface area contributed by atoms with Gasteiger partial charge >= 0.3 is 6.03 Å². The Labute approximate surface area is 235 Å². The second kappa shape index (κ2) is 13.4. The van der Waals surface area contributed by atoms with E-state index in [0.29, 0.717) is 35.5 Å². The molecule has 1 fully saturated rings. The van der Waals surface area contributed by atoms with Gasteiger partial charge in [-0.3, -0.25) is 0 Å². The van der Waals surface area contributed by atoms with Crippen LogP contribution in [-0.2, 0) is 0 Å². The van der Waals surface area contributed by atoms with Crippen LogP contribution in [0.4, 0.5) is 15.7 Å². The molecule has 3 N–H and O–H groups in total. The molecule has 0 atom stereocenters. The Morgan fingerprint density at radius 3 is 2.54 bits per heavy atom. The number of rotatable bonds is 7. The van der Waals surface area contributed by atoms with Crippen molar-refractivity contribution in [3.8, 4) is 11.5 Å². The maximum Gasteiger partial charge on any atom is 0.314 e. The topological polar surface area (TPSA) is 119 Å². The summed E-state index contributed by atoms with van der Waals surface area (Å²) in [7, 11) is 0. The van der Waals surface area contributed by atoms with E-state index in [1.54, 1.807) is 17.3 Å². The lowest BCUT2D eigenvalue weighted by Gasteiger charge is -2.29. The number of urea groups is 1. The van der Waals surface area contributed by atoms with E-state index in [9.17, 15) is 4.79 Å². The molecule has 1 aliphatic heterocycles. The number of pyridine rings is 2. The fraction of sp³-hybridized carbons (Fsp3) is 0.208. The summed E-state index contributed by atoms with van der Waals surface area (Å²) >= 11 is 2.79. The largest absolute Gasteiger partial charge is 0.453 e. The molecule has 5 rings (SSSR count). The summed E-state index contributed by atoms with van der Waals surface area (Å²) in [5.74, 6) is 2.79. The van der Waals surface area contributed by atoms with Gasteiger partial charge in [0.2, 0.25) is 5.13 Å². The Balaban J connectivity index is 0.00000190. The number of nitrogens with zero attached hydrogens (tertiary/aromatic N) is 5. The number of likely N-dealkylation sites (tertiary alicyclic amines) is 1. The molecular formula is C24H25Cl2N7O2S2. The van der Waals surface area contributed by atoms with E-state index in [1.807, 2.05) is 54.6 Å². The lowest BCUT2D eigenvalue weighted by atomic mass is 9.96. The quantitative estimate of drug-likeness (QED) is 0.269. The number of primary amides is 1. The Morgan fingerprint density at radius 1 is 1.08 bits per heavy atom. The van der Waals surface area contributed by atoms with E-state index in [1.165, 1.54) is 23.3 Å². The maximum absolute atomic E-state index is 11.4. The zero-order chi connectivity index (χ0) is 24.0. The number of piperidine rings is 1. The molecule has 3 aromatic heterocycles. The molecule has 4 heterocycles. The number of para-hydroxylation sites is 1. The minimum Gasteiger partial charge on any atom is -0.453 e. The SMILES string of the molecule is Cl.Cl.NC(=O)N1CCC(c2nsc(Nc3ncc(Sc4ccccn4)cc3Oc3ccccc3)n2)CC1. The fourth-order valence-electron chi connectivity index (χ4n) is 3.71. The van der Waals surface area contributed by atoms with Crippen molar-refractivity contribution in [2.24, 2.45) is 5.73 Å². The van der Waals surface area contributed by atoms with Gasteiger partial charge in [0.25, 0.3) is 0 Å². The first-order valence-corrected chi connectivity index (χ1v) is 12.7. The van der Waals surface area contributed by atoms with Crippen molar-refractivity contribution in [3.05, 3.63) is 72.8 Å². The van der Waals surface area contributed by atoms with Gasteiger partial charge in [-0.2, -0.15) is 4.37 Å². The number of benzene rings is 1. The van der Waals surface area contributed by atoms with E-state index in [2.05, 4.69) is 24.6 Å². The van der Waals surface area contributed by atoms with Crippen LogP contribution in [0.5, 0.6) is 11.5 Å². The van der Waals surface area contributed by atoms with E-state index < -0.39 is 0 Å². The number of carbonyl (C=O) groups is 1. The third kappa shape index (κ3) is 7.45. The summed E-state index contributed by atoms with van der Waals surface area (Å²) in [5, 5.41) is 4.77. The van der Waals surface area contributed by atoms with E-state index in [4.69, 9.17) is 10.5 Å². The van der Waals surface area contributed by atoms with Gasteiger partial charge in [0, 0.05) is 53.9 Å². The van der Waals surface area contributed by atoms with Crippen molar-refractivity contribution in [2.75, 3.05) is 18.4 Å². The van der Waals surface area contributed by atoms with Crippen molar-refractivity contribution in [1.82, 2.24) is 24.2 Å². The molecule has 194 valence electrons. The third-order valence-corrected chi connectivity index (χ3v) is 7.05. The van der Waals surface area contributed by atoms with Crippen molar-refractivity contribution < 1.29 is 9.53 Å². The van der Waals surface area contributed by atoms with Crippen LogP contribution >= 0.6 is 48.1 Å². The zero-order valence-corrected chi connectivity index (χ0v) is 22.8. The monoisotopic (exact) mass is 577 g/mol. The summed E-state index contributed by atoms with van der Waals surface area (Å²) in [6.07, 6.45) is 5.12. The number of halogens is 2. The van der Waals surface area contributed by atoms with E-state index in [-0.39, 0.29) is 36.8 Å². The molecule has 0 saturated carbocycles. The molecule has 1 aliphatic rings. The normalized spacial score (nSPS) is 13.2. The highest BCUT2D eigenvalue weighted by atomic mass is 35.5. The van der Waals surface area contributed by atoms with Gasteiger partial charge in [-0.1, -0.05) is 36.0 Å². The van der Waals surface area contributed by atoms with E-state index >= 15 is 0 Å². The molecule has 13 heteroatoms. The summed E-state index contributed by atoms with van der Waals surface area (Å²) in [6, 6.07) is 16.9. The molecule has 1 saturated heterocycles. The van der Waals surface area contributed by atoms with Crippen LogP contribution in [0.1, 0.15) is 24.6 Å². The predicted octanol–water partition coefficient (Wildman–Crippen LogP) is 6.12. The minimum atomic E-state index is -0.376. The second-order valence-electron chi connectivity index (χ2n) is 7.89. The highest BCUT2D eigenvalue weighted by molar-refractivity contribution is 7.99. The molecule has 4 aromatic rings.